The van der Waals surface area contributed by atoms with Gasteiger partial charge in [0.05, 0.1) is 0 Å². The van der Waals surface area contributed by atoms with Gasteiger partial charge < -0.3 is 4.52 Å². The molecule has 0 saturated heterocycles. The molecule has 0 N–H and O–H groups in total. The molecule has 1 aromatic heterocycles. The van der Waals surface area contributed by atoms with E-state index in [0.29, 0.717) is 17.3 Å². The molecule has 0 unspecified atom stereocenters. The van der Waals surface area contributed by atoms with Crippen LogP contribution in [0.1, 0.15) is 49.4 Å². The number of unbranched alkanes of at least 4 members (excludes halogenated alkanes) is 2. The molecule has 4 nitrogen and oxygen atoms in total. The Hall–Kier alpha value is -1.97. The molecule has 0 radical (unpaired) electrons. The van der Waals surface area contributed by atoms with Gasteiger partial charge in [0.15, 0.2) is 5.78 Å². The largest absolute Gasteiger partial charge is 0.339 e. The number of aromatic nitrogens is 2. The summed E-state index contributed by atoms with van der Waals surface area (Å²) in [6.07, 6.45) is 4.24. The van der Waals surface area contributed by atoms with E-state index in [-0.39, 0.29) is 5.78 Å². The Balaban J connectivity index is 2.07. The topological polar surface area (TPSA) is 56.0 Å². The minimum absolute atomic E-state index is 0.0555. The zero-order chi connectivity index (χ0) is 13.7. The van der Waals surface area contributed by atoms with E-state index in [1.807, 2.05) is 12.1 Å². The first-order valence-electron chi connectivity index (χ1n) is 6.64. The van der Waals surface area contributed by atoms with Crippen molar-refractivity contribution in [2.24, 2.45) is 0 Å². The van der Waals surface area contributed by atoms with E-state index in [1.54, 1.807) is 19.1 Å². The molecule has 2 aromatic rings. The molecule has 1 aromatic carbocycles. The highest BCUT2D eigenvalue weighted by Gasteiger charge is 2.08. The van der Waals surface area contributed by atoms with Crippen molar-refractivity contribution >= 4 is 5.78 Å². The van der Waals surface area contributed by atoms with Gasteiger partial charge in [0.2, 0.25) is 11.7 Å². The molecule has 0 saturated carbocycles. The number of nitrogens with zero attached hydrogens (tertiary/aromatic N) is 2. The van der Waals surface area contributed by atoms with Crippen molar-refractivity contribution in [1.82, 2.24) is 10.1 Å². The van der Waals surface area contributed by atoms with Gasteiger partial charge in [-0.15, -0.1) is 0 Å². The Kier molecular flexibility index (Phi) is 4.44. The molecular formula is C15H18N2O2. The lowest BCUT2D eigenvalue weighted by Crippen LogP contribution is -1.91. The van der Waals surface area contributed by atoms with Crippen LogP contribution in [0.15, 0.2) is 28.8 Å². The lowest BCUT2D eigenvalue weighted by atomic mass is 10.1. The van der Waals surface area contributed by atoms with Gasteiger partial charge in [-0.1, -0.05) is 49.2 Å². The fraction of sp³-hybridized carbons (Fsp3) is 0.400. The van der Waals surface area contributed by atoms with Crippen LogP contribution in [-0.2, 0) is 6.42 Å². The van der Waals surface area contributed by atoms with E-state index in [9.17, 15) is 4.79 Å². The molecule has 2 rings (SSSR count). The fourth-order valence-electron chi connectivity index (χ4n) is 1.85. The van der Waals surface area contributed by atoms with Gasteiger partial charge in [0, 0.05) is 17.5 Å². The van der Waals surface area contributed by atoms with Crippen molar-refractivity contribution in [3.05, 3.63) is 35.7 Å². The van der Waals surface area contributed by atoms with Crippen molar-refractivity contribution in [1.29, 1.82) is 0 Å². The molecule has 0 amide bonds. The molecule has 1 heterocycles. The van der Waals surface area contributed by atoms with Crippen LogP contribution >= 0.6 is 0 Å². The van der Waals surface area contributed by atoms with Crippen LogP contribution in [0.4, 0.5) is 0 Å². The quantitative estimate of drug-likeness (QED) is 0.586. The second-order valence-corrected chi connectivity index (χ2v) is 4.60. The molecule has 0 aliphatic carbocycles. The molecule has 4 heteroatoms. The minimum atomic E-state index is 0.0555. The van der Waals surface area contributed by atoms with Crippen molar-refractivity contribution in [3.63, 3.8) is 0 Å². The Morgan fingerprint density at radius 2 is 1.95 bits per heavy atom. The van der Waals surface area contributed by atoms with E-state index >= 15 is 0 Å². The summed E-state index contributed by atoms with van der Waals surface area (Å²) >= 11 is 0. The number of rotatable bonds is 6. The van der Waals surface area contributed by atoms with Gasteiger partial charge in [0.25, 0.3) is 0 Å². The number of ketones is 1. The molecule has 0 fully saturated rings. The minimum Gasteiger partial charge on any atom is -0.339 e. The number of Topliss-reactive ketones (excluding diaryl/α,β-unsaturated/α-hetero) is 1. The Bertz CT molecular complexity index is 544. The van der Waals surface area contributed by atoms with Crippen LogP contribution in [0.2, 0.25) is 0 Å². The predicted molar refractivity (Wildman–Crippen MR) is 73.0 cm³/mol. The van der Waals surface area contributed by atoms with Crippen LogP contribution in [0.3, 0.4) is 0 Å². The third-order valence-corrected chi connectivity index (χ3v) is 3.01. The van der Waals surface area contributed by atoms with Crippen LogP contribution in [0, 0.1) is 0 Å². The monoisotopic (exact) mass is 258 g/mol. The molecule has 19 heavy (non-hydrogen) atoms. The molecule has 0 bridgehead atoms. The van der Waals surface area contributed by atoms with E-state index in [4.69, 9.17) is 4.52 Å². The lowest BCUT2D eigenvalue weighted by molar-refractivity contribution is 0.101. The summed E-state index contributed by atoms with van der Waals surface area (Å²) in [7, 11) is 0. The van der Waals surface area contributed by atoms with Crippen molar-refractivity contribution in [3.8, 4) is 11.4 Å². The summed E-state index contributed by atoms with van der Waals surface area (Å²) in [4.78, 5) is 15.6. The number of hydrogen-bond donors (Lipinski definition) is 0. The average molecular weight is 258 g/mol. The number of aryl methyl sites for hydroxylation is 1. The first-order valence-corrected chi connectivity index (χ1v) is 6.64. The van der Waals surface area contributed by atoms with Crippen LogP contribution < -0.4 is 0 Å². The highest BCUT2D eigenvalue weighted by atomic mass is 16.5. The molecule has 0 spiro atoms. The van der Waals surface area contributed by atoms with E-state index in [1.165, 1.54) is 12.8 Å². The standard InChI is InChI=1S/C15H18N2O2/c1-3-4-5-6-14-16-15(17-19-14)13-9-7-12(8-10-13)11(2)18/h7-10H,3-6H2,1-2H3. The molecular weight excluding hydrogens is 240 g/mol. The van der Waals surface area contributed by atoms with Gasteiger partial charge >= 0.3 is 0 Å². The highest BCUT2D eigenvalue weighted by Crippen LogP contribution is 2.17. The summed E-state index contributed by atoms with van der Waals surface area (Å²) in [5, 5.41) is 3.97. The third-order valence-electron chi connectivity index (χ3n) is 3.01. The highest BCUT2D eigenvalue weighted by molar-refractivity contribution is 5.94. The Morgan fingerprint density at radius 1 is 1.21 bits per heavy atom. The van der Waals surface area contributed by atoms with Gasteiger partial charge in [-0.05, 0) is 13.3 Å². The second-order valence-electron chi connectivity index (χ2n) is 4.60. The third kappa shape index (κ3) is 3.50. The average Bonchev–Trinajstić information content (AvgIpc) is 2.88. The summed E-state index contributed by atoms with van der Waals surface area (Å²) < 4.78 is 5.22. The van der Waals surface area contributed by atoms with Crippen LogP contribution in [0.5, 0.6) is 0 Å². The Labute approximate surface area is 112 Å². The Morgan fingerprint density at radius 3 is 2.58 bits per heavy atom. The number of hydrogen-bond acceptors (Lipinski definition) is 4. The zero-order valence-corrected chi connectivity index (χ0v) is 11.3. The fourth-order valence-corrected chi connectivity index (χ4v) is 1.85. The SMILES string of the molecule is CCCCCc1nc(-c2ccc(C(C)=O)cc2)no1. The molecule has 0 atom stereocenters. The van der Waals surface area contributed by atoms with Gasteiger partial charge in [-0.25, -0.2) is 0 Å². The van der Waals surface area contributed by atoms with Crippen molar-refractivity contribution in [2.45, 2.75) is 39.5 Å². The number of carbonyl (C=O) groups is 1. The van der Waals surface area contributed by atoms with Gasteiger partial charge in [0.1, 0.15) is 0 Å². The van der Waals surface area contributed by atoms with Crippen molar-refractivity contribution < 1.29 is 9.32 Å². The summed E-state index contributed by atoms with van der Waals surface area (Å²) in [5.41, 5.74) is 1.56. The maximum atomic E-state index is 11.2. The zero-order valence-electron chi connectivity index (χ0n) is 11.3. The van der Waals surface area contributed by atoms with Crippen molar-refractivity contribution in [2.75, 3.05) is 0 Å². The second kappa shape index (κ2) is 6.27. The number of carbonyl (C=O) groups excluding carboxylic acids is 1. The predicted octanol–water partition coefficient (Wildman–Crippen LogP) is 3.67. The first kappa shape index (κ1) is 13.5. The summed E-state index contributed by atoms with van der Waals surface area (Å²) in [6, 6.07) is 7.25. The smallest absolute Gasteiger partial charge is 0.226 e. The maximum absolute atomic E-state index is 11.2. The maximum Gasteiger partial charge on any atom is 0.226 e. The summed E-state index contributed by atoms with van der Waals surface area (Å²) in [6.45, 7) is 3.71. The molecule has 0 aliphatic rings. The van der Waals surface area contributed by atoms with Crippen LogP contribution in [0.25, 0.3) is 11.4 Å². The molecule has 0 aliphatic heterocycles. The normalized spacial score (nSPS) is 10.6. The van der Waals surface area contributed by atoms with Gasteiger partial charge in [-0.3, -0.25) is 4.79 Å². The van der Waals surface area contributed by atoms with Gasteiger partial charge in [-0.2, -0.15) is 4.98 Å². The van der Waals surface area contributed by atoms with Crippen LogP contribution in [-0.4, -0.2) is 15.9 Å². The number of benzene rings is 1. The van der Waals surface area contributed by atoms with E-state index in [2.05, 4.69) is 17.1 Å². The molecule has 100 valence electrons. The summed E-state index contributed by atoms with van der Waals surface area (Å²) in [5.74, 6) is 1.32. The first-order chi connectivity index (χ1) is 9.20. The van der Waals surface area contributed by atoms with E-state index < -0.39 is 0 Å². The van der Waals surface area contributed by atoms with E-state index in [0.717, 1.165) is 18.4 Å². The lowest BCUT2D eigenvalue weighted by Gasteiger charge is -1.96.